The molecule has 0 spiro atoms. The maximum Gasteiger partial charge on any atom is 0.253 e. The Morgan fingerprint density at radius 1 is 1.29 bits per heavy atom. The van der Waals surface area contributed by atoms with Crippen LogP contribution < -0.4 is 4.72 Å². The molecule has 2 saturated carbocycles. The first-order valence-electron chi connectivity index (χ1n) is 8.52. The summed E-state index contributed by atoms with van der Waals surface area (Å²) in [5.41, 5.74) is 0.224. The van der Waals surface area contributed by atoms with E-state index in [1.165, 1.54) is 6.07 Å². The average Bonchev–Trinajstić information content (AvgIpc) is 3.43. The van der Waals surface area contributed by atoms with E-state index in [0.717, 1.165) is 44.2 Å². The lowest BCUT2D eigenvalue weighted by molar-refractivity contribution is 0.0747. The molecule has 0 heterocycles. The first kappa shape index (κ1) is 17.4. The number of nitrogens with one attached hydrogen (secondary N) is 1. The SMILES string of the molecule is CCCN(CC1CC1)C(=O)c1ccc(F)c(S(=O)(=O)NC2CC2)c1. The van der Waals surface area contributed by atoms with E-state index < -0.39 is 20.7 Å². The molecule has 132 valence electrons. The van der Waals surface area contributed by atoms with Crippen LogP contribution >= 0.6 is 0 Å². The van der Waals surface area contributed by atoms with Crippen molar-refractivity contribution >= 4 is 15.9 Å². The molecule has 2 fully saturated rings. The summed E-state index contributed by atoms with van der Waals surface area (Å²) in [5.74, 6) is -0.517. The summed E-state index contributed by atoms with van der Waals surface area (Å²) in [6.45, 7) is 3.30. The van der Waals surface area contributed by atoms with Crippen LogP contribution in [0.4, 0.5) is 4.39 Å². The zero-order valence-electron chi connectivity index (χ0n) is 13.8. The second-order valence-corrected chi connectivity index (χ2v) is 8.42. The van der Waals surface area contributed by atoms with Crippen LogP contribution in [0.3, 0.4) is 0 Å². The Kier molecular flexibility index (Phi) is 4.92. The Hall–Kier alpha value is -1.47. The number of carbonyl (C=O) groups is 1. The van der Waals surface area contributed by atoms with Gasteiger partial charge < -0.3 is 4.90 Å². The van der Waals surface area contributed by atoms with Crippen LogP contribution in [0.2, 0.25) is 0 Å². The highest BCUT2D eigenvalue weighted by atomic mass is 32.2. The van der Waals surface area contributed by atoms with E-state index in [4.69, 9.17) is 0 Å². The fourth-order valence-corrected chi connectivity index (χ4v) is 4.08. The fourth-order valence-electron chi connectivity index (χ4n) is 2.67. The molecule has 1 N–H and O–H groups in total. The van der Waals surface area contributed by atoms with E-state index in [2.05, 4.69) is 4.72 Å². The average molecular weight is 354 g/mol. The van der Waals surface area contributed by atoms with Crippen molar-refractivity contribution in [3.63, 3.8) is 0 Å². The summed E-state index contributed by atoms with van der Waals surface area (Å²) in [4.78, 5) is 14.0. The Labute approximate surface area is 142 Å². The summed E-state index contributed by atoms with van der Waals surface area (Å²) >= 11 is 0. The molecule has 0 unspecified atom stereocenters. The Balaban J connectivity index is 1.84. The number of rotatable bonds is 8. The minimum Gasteiger partial charge on any atom is -0.338 e. The van der Waals surface area contributed by atoms with Crippen molar-refractivity contribution in [3.8, 4) is 0 Å². The standard InChI is InChI=1S/C17H23FN2O3S/c1-2-9-20(11-12-3-4-12)17(21)13-5-8-15(18)16(10-13)24(22,23)19-14-6-7-14/h5,8,10,12,14,19H,2-4,6-7,9,11H2,1H3. The minimum atomic E-state index is -3.93. The van der Waals surface area contributed by atoms with Crippen molar-refractivity contribution in [2.24, 2.45) is 5.92 Å². The van der Waals surface area contributed by atoms with Crippen LogP contribution in [-0.4, -0.2) is 38.4 Å². The molecule has 3 rings (SSSR count). The molecule has 0 radical (unpaired) electrons. The highest BCUT2D eigenvalue weighted by Gasteiger charge is 2.31. The second-order valence-electron chi connectivity index (χ2n) is 6.74. The Morgan fingerprint density at radius 3 is 2.58 bits per heavy atom. The Morgan fingerprint density at radius 2 is 2.00 bits per heavy atom. The number of hydrogen-bond acceptors (Lipinski definition) is 3. The molecule has 5 nitrogen and oxygen atoms in total. The molecule has 1 aromatic rings. The summed E-state index contributed by atoms with van der Waals surface area (Å²) in [6.07, 6.45) is 4.62. The maximum atomic E-state index is 14.0. The van der Waals surface area contributed by atoms with Gasteiger partial charge in [0.15, 0.2) is 0 Å². The number of nitrogens with zero attached hydrogens (tertiary/aromatic N) is 1. The molecule has 1 amide bonds. The number of sulfonamides is 1. The molecule has 0 atom stereocenters. The highest BCUT2D eigenvalue weighted by Crippen LogP contribution is 2.30. The Bertz CT molecular complexity index is 727. The third kappa shape index (κ3) is 4.13. The van der Waals surface area contributed by atoms with E-state index in [1.54, 1.807) is 4.90 Å². The molecule has 1 aromatic carbocycles. The van der Waals surface area contributed by atoms with Crippen molar-refractivity contribution in [1.82, 2.24) is 9.62 Å². The van der Waals surface area contributed by atoms with E-state index in [1.807, 2.05) is 6.92 Å². The topological polar surface area (TPSA) is 66.5 Å². The zero-order valence-corrected chi connectivity index (χ0v) is 14.6. The van der Waals surface area contributed by atoms with Gasteiger partial charge in [0.2, 0.25) is 10.0 Å². The predicted octanol–water partition coefficient (Wildman–Crippen LogP) is 2.53. The van der Waals surface area contributed by atoms with Gasteiger partial charge in [-0.05, 0) is 56.2 Å². The molecule has 0 aliphatic heterocycles. The fraction of sp³-hybridized carbons (Fsp3) is 0.588. The predicted molar refractivity (Wildman–Crippen MR) is 88.7 cm³/mol. The molecular weight excluding hydrogens is 331 g/mol. The summed E-state index contributed by atoms with van der Waals surface area (Å²) in [6, 6.07) is 3.48. The molecule has 7 heteroatoms. The number of hydrogen-bond donors (Lipinski definition) is 1. The molecule has 24 heavy (non-hydrogen) atoms. The van der Waals surface area contributed by atoms with E-state index in [9.17, 15) is 17.6 Å². The maximum absolute atomic E-state index is 14.0. The van der Waals surface area contributed by atoms with Gasteiger partial charge in [-0.1, -0.05) is 6.92 Å². The van der Waals surface area contributed by atoms with Crippen LogP contribution in [0.1, 0.15) is 49.4 Å². The van der Waals surface area contributed by atoms with E-state index >= 15 is 0 Å². The van der Waals surface area contributed by atoms with E-state index in [0.29, 0.717) is 19.0 Å². The number of amides is 1. The highest BCUT2D eigenvalue weighted by molar-refractivity contribution is 7.89. The van der Waals surface area contributed by atoms with Crippen molar-refractivity contribution in [2.45, 2.75) is 50.0 Å². The third-order valence-corrected chi connectivity index (χ3v) is 5.86. The zero-order chi connectivity index (χ0) is 17.3. The van der Waals surface area contributed by atoms with Crippen LogP contribution in [0.25, 0.3) is 0 Å². The van der Waals surface area contributed by atoms with Crippen LogP contribution in [0.15, 0.2) is 23.1 Å². The van der Waals surface area contributed by atoms with Crippen molar-refractivity contribution in [3.05, 3.63) is 29.6 Å². The number of carbonyl (C=O) groups excluding carboxylic acids is 1. The van der Waals surface area contributed by atoms with Gasteiger partial charge in [-0.25, -0.2) is 17.5 Å². The molecule has 0 saturated heterocycles. The van der Waals surface area contributed by atoms with Gasteiger partial charge in [0, 0.05) is 24.7 Å². The normalized spacial score (nSPS) is 17.8. The smallest absolute Gasteiger partial charge is 0.253 e. The lowest BCUT2D eigenvalue weighted by Gasteiger charge is -2.22. The molecule has 2 aliphatic rings. The van der Waals surface area contributed by atoms with Gasteiger partial charge in [-0.15, -0.1) is 0 Å². The molecular formula is C17H23FN2O3S. The second kappa shape index (κ2) is 6.80. The van der Waals surface area contributed by atoms with Gasteiger partial charge >= 0.3 is 0 Å². The van der Waals surface area contributed by atoms with E-state index in [-0.39, 0.29) is 17.5 Å². The van der Waals surface area contributed by atoms with Crippen molar-refractivity contribution < 1.29 is 17.6 Å². The van der Waals surface area contributed by atoms with Crippen LogP contribution in [0.5, 0.6) is 0 Å². The van der Waals surface area contributed by atoms with Crippen LogP contribution in [-0.2, 0) is 10.0 Å². The lowest BCUT2D eigenvalue weighted by atomic mass is 10.1. The number of benzene rings is 1. The van der Waals surface area contributed by atoms with Gasteiger partial charge in [-0.3, -0.25) is 4.79 Å². The lowest BCUT2D eigenvalue weighted by Crippen LogP contribution is -2.34. The molecule has 0 aromatic heterocycles. The molecule has 2 aliphatic carbocycles. The van der Waals surface area contributed by atoms with Crippen LogP contribution in [0, 0.1) is 11.7 Å². The van der Waals surface area contributed by atoms with Crippen molar-refractivity contribution in [1.29, 1.82) is 0 Å². The monoisotopic (exact) mass is 354 g/mol. The quantitative estimate of drug-likeness (QED) is 0.780. The first-order valence-corrected chi connectivity index (χ1v) is 10.00. The van der Waals surface area contributed by atoms with Crippen molar-refractivity contribution in [2.75, 3.05) is 13.1 Å². The van der Waals surface area contributed by atoms with Gasteiger partial charge in [0.05, 0.1) is 0 Å². The number of halogens is 1. The minimum absolute atomic E-state index is 0.111. The largest absolute Gasteiger partial charge is 0.338 e. The third-order valence-electron chi connectivity index (χ3n) is 4.32. The van der Waals surface area contributed by atoms with Gasteiger partial charge in [-0.2, -0.15) is 0 Å². The van der Waals surface area contributed by atoms with Gasteiger partial charge in [0.25, 0.3) is 5.91 Å². The summed E-state index contributed by atoms with van der Waals surface area (Å²) in [7, 11) is -3.93. The van der Waals surface area contributed by atoms with Gasteiger partial charge in [0.1, 0.15) is 10.7 Å². The summed E-state index contributed by atoms with van der Waals surface area (Å²) in [5, 5.41) is 0. The first-order chi connectivity index (χ1) is 11.4. The summed E-state index contributed by atoms with van der Waals surface area (Å²) < 4.78 is 41.1. The molecule has 0 bridgehead atoms.